The third-order valence-corrected chi connectivity index (χ3v) is 4.33. The van der Waals surface area contributed by atoms with E-state index >= 15 is 0 Å². The smallest absolute Gasteiger partial charge is 0.327 e. The zero-order valence-electron chi connectivity index (χ0n) is 12.2. The molecule has 7 nitrogen and oxygen atoms in total. The number of hydrogen-bond donors (Lipinski definition) is 3. The number of ketones is 1. The van der Waals surface area contributed by atoms with Crippen molar-refractivity contribution in [3.63, 3.8) is 0 Å². The maximum Gasteiger partial charge on any atom is 0.327 e. The Balaban J connectivity index is 2.03. The van der Waals surface area contributed by atoms with Gasteiger partial charge in [-0.15, -0.1) is 0 Å². The quantitative estimate of drug-likeness (QED) is 0.729. The first-order valence-electron chi connectivity index (χ1n) is 7.45. The molecule has 23 heavy (non-hydrogen) atoms. The number of hydrogen-bond acceptors (Lipinski definition) is 5. The number of nitrogens with zero attached hydrogens (tertiary/aromatic N) is 1. The summed E-state index contributed by atoms with van der Waals surface area (Å²) in [6.45, 7) is 0. The molecule has 0 saturated heterocycles. The van der Waals surface area contributed by atoms with Crippen LogP contribution in [0.25, 0.3) is 0 Å². The van der Waals surface area contributed by atoms with E-state index in [1.165, 1.54) is 0 Å². The number of aromatic nitrogens is 3. The Labute approximate surface area is 130 Å². The fourth-order valence-electron chi connectivity index (χ4n) is 3.38. The monoisotopic (exact) mass is 310 g/mol. The van der Waals surface area contributed by atoms with E-state index in [4.69, 9.17) is 0 Å². The Kier molecular flexibility index (Phi) is 3.00. The summed E-state index contributed by atoms with van der Waals surface area (Å²) >= 11 is 0. The molecule has 2 aliphatic rings. The molecule has 1 aliphatic carbocycles. The Morgan fingerprint density at radius 2 is 1.83 bits per heavy atom. The molecule has 0 amide bonds. The number of aromatic amines is 2. The third kappa shape index (κ3) is 2.12. The molecule has 4 rings (SSSR count). The predicted octanol–water partition coefficient (Wildman–Crippen LogP) is 1.02. The minimum atomic E-state index is -0.569. The lowest BCUT2D eigenvalue weighted by molar-refractivity contribution is -0.116. The van der Waals surface area contributed by atoms with Crippen molar-refractivity contribution >= 4 is 11.6 Å². The summed E-state index contributed by atoms with van der Waals surface area (Å²) in [7, 11) is 0. The largest absolute Gasteiger partial charge is 0.344 e. The van der Waals surface area contributed by atoms with Crippen molar-refractivity contribution in [1.82, 2.24) is 15.0 Å². The van der Waals surface area contributed by atoms with Crippen molar-refractivity contribution in [1.29, 1.82) is 0 Å². The summed E-state index contributed by atoms with van der Waals surface area (Å²) in [5.74, 6) is -0.0801. The van der Waals surface area contributed by atoms with Gasteiger partial charge in [-0.05, 0) is 30.5 Å². The summed E-state index contributed by atoms with van der Waals surface area (Å²) in [5, 5.41) is 3.08. The van der Waals surface area contributed by atoms with Gasteiger partial charge in [-0.25, -0.2) is 4.79 Å². The second-order valence-corrected chi connectivity index (χ2v) is 5.70. The molecule has 0 saturated carbocycles. The first kappa shape index (κ1) is 13.7. The van der Waals surface area contributed by atoms with Gasteiger partial charge in [0.05, 0.1) is 5.56 Å². The van der Waals surface area contributed by atoms with Crippen molar-refractivity contribution in [2.45, 2.75) is 25.2 Å². The normalized spacial score (nSPS) is 19.8. The Morgan fingerprint density at radius 1 is 1.04 bits per heavy atom. The molecule has 3 N–H and O–H groups in total. The Bertz CT molecular complexity index is 940. The SMILES string of the molecule is O=C1CCCC2=C1[C@@H](c1ccncc1)c1c([nH]c(=O)[nH]c1=O)N2. The minimum Gasteiger partial charge on any atom is -0.344 e. The average Bonchev–Trinajstić information content (AvgIpc) is 2.54. The molecule has 0 unspecified atom stereocenters. The summed E-state index contributed by atoms with van der Waals surface area (Å²) in [6.07, 6.45) is 5.21. The van der Waals surface area contributed by atoms with Crippen molar-refractivity contribution in [2.24, 2.45) is 0 Å². The summed E-state index contributed by atoms with van der Waals surface area (Å²) in [5.41, 5.74) is 1.53. The zero-order valence-corrected chi connectivity index (χ0v) is 12.2. The highest BCUT2D eigenvalue weighted by molar-refractivity contribution is 6.00. The van der Waals surface area contributed by atoms with Gasteiger partial charge in [0, 0.05) is 36.0 Å². The van der Waals surface area contributed by atoms with Crippen LogP contribution in [0, 0.1) is 0 Å². The molecule has 0 aromatic carbocycles. The van der Waals surface area contributed by atoms with Crippen LogP contribution in [0.2, 0.25) is 0 Å². The van der Waals surface area contributed by atoms with E-state index in [2.05, 4.69) is 20.3 Å². The van der Waals surface area contributed by atoms with E-state index in [-0.39, 0.29) is 5.78 Å². The number of pyridine rings is 1. The number of anilines is 1. The topological polar surface area (TPSA) is 108 Å². The number of Topliss-reactive ketones (excluding diaryl/α,β-unsaturated/α-hetero) is 1. The second kappa shape index (κ2) is 5.05. The van der Waals surface area contributed by atoms with Gasteiger partial charge < -0.3 is 5.32 Å². The highest BCUT2D eigenvalue weighted by Gasteiger charge is 2.37. The lowest BCUT2D eigenvalue weighted by Gasteiger charge is -2.32. The molecule has 1 atom stereocenters. The maximum atomic E-state index is 12.5. The van der Waals surface area contributed by atoms with Gasteiger partial charge in [0.15, 0.2) is 5.78 Å². The molecule has 0 radical (unpaired) electrons. The standard InChI is InChI=1S/C16H14N4O3/c21-10-3-1-2-9-12(10)11(8-4-6-17-7-5-8)13-14(18-9)19-16(23)20-15(13)22/h4-7,11H,1-3H2,(H3,18,19,20,22,23)/t11-/m1/s1. The average molecular weight is 310 g/mol. The van der Waals surface area contributed by atoms with Crippen LogP contribution in [0.3, 0.4) is 0 Å². The van der Waals surface area contributed by atoms with E-state index in [0.29, 0.717) is 23.4 Å². The Morgan fingerprint density at radius 3 is 2.61 bits per heavy atom. The fourth-order valence-corrected chi connectivity index (χ4v) is 3.38. The summed E-state index contributed by atoms with van der Waals surface area (Å²) < 4.78 is 0. The number of nitrogens with one attached hydrogen (secondary N) is 3. The third-order valence-electron chi connectivity index (χ3n) is 4.33. The van der Waals surface area contributed by atoms with E-state index < -0.39 is 17.2 Å². The van der Waals surface area contributed by atoms with Crippen LogP contribution in [-0.2, 0) is 4.79 Å². The number of allylic oxidation sites excluding steroid dienone is 2. The van der Waals surface area contributed by atoms with Gasteiger partial charge in [0.1, 0.15) is 5.82 Å². The molecule has 0 spiro atoms. The fraction of sp³-hybridized carbons (Fsp3) is 0.250. The molecule has 0 bridgehead atoms. The predicted molar refractivity (Wildman–Crippen MR) is 83.3 cm³/mol. The van der Waals surface area contributed by atoms with Crippen molar-refractivity contribution < 1.29 is 4.79 Å². The molecule has 7 heteroatoms. The lowest BCUT2D eigenvalue weighted by Crippen LogP contribution is -2.36. The van der Waals surface area contributed by atoms with Crippen molar-refractivity contribution in [3.8, 4) is 0 Å². The summed E-state index contributed by atoms with van der Waals surface area (Å²) in [6, 6.07) is 3.58. The maximum absolute atomic E-state index is 12.5. The number of rotatable bonds is 1. The highest BCUT2D eigenvalue weighted by atomic mass is 16.2. The molecule has 3 heterocycles. The molecule has 2 aromatic heterocycles. The number of H-pyrrole nitrogens is 2. The van der Waals surface area contributed by atoms with E-state index in [1.807, 2.05) is 0 Å². The van der Waals surface area contributed by atoms with Crippen LogP contribution in [0.4, 0.5) is 5.82 Å². The van der Waals surface area contributed by atoms with Crippen LogP contribution >= 0.6 is 0 Å². The molecular weight excluding hydrogens is 296 g/mol. The number of carbonyl (C=O) groups excluding carboxylic acids is 1. The van der Waals surface area contributed by atoms with Crippen LogP contribution in [0.5, 0.6) is 0 Å². The van der Waals surface area contributed by atoms with Crippen molar-refractivity contribution in [3.05, 3.63) is 67.8 Å². The first-order valence-corrected chi connectivity index (χ1v) is 7.45. The van der Waals surface area contributed by atoms with Crippen LogP contribution in [0.15, 0.2) is 45.4 Å². The van der Waals surface area contributed by atoms with Crippen LogP contribution in [-0.4, -0.2) is 20.7 Å². The minimum absolute atomic E-state index is 0.0387. The highest BCUT2D eigenvalue weighted by Crippen LogP contribution is 2.42. The van der Waals surface area contributed by atoms with Gasteiger partial charge in [-0.3, -0.25) is 24.5 Å². The second-order valence-electron chi connectivity index (χ2n) is 5.70. The zero-order chi connectivity index (χ0) is 16.0. The van der Waals surface area contributed by atoms with Crippen molar-refractivity contribution in [2.75, 3.05) is 5.32 Å². The number of carbonyl (C=O) groups is 1. The molecule has 116 valence electrons. The van der Waals surface area contributed by atoms with E-state index in [1.54, 1.807) is 24.5 Å². The van der Waals surface area contributed by atoms with E-state index in [0.717, 1.165) is 24.1 Å². The van der Waals surface area contributed by atoms with Gasteiger partial charge in [-0.1, -0.05) is 0 Å². The van der Waals surface area contributed by atoms with Gasteiger partial charge in [0.25, 0.3) is 5.56 Å². The Hall–Kier alpha value is -2.96. The van der Waals surface area contributed by atoms with E-state index in [9.17, 15) is 14.4 Å². The number of fused-ring (bicyclic) bond motifs is 1. The molecule has 2 aromatic rings. The van der Waals surface area contributed by atoms with Gasteiger partial charge >= 0.3 is 5.69 Å². The van der Waals surface area contributed by atoms with Crippen LogP contribution in [0.1, 0.15) is 36.3 Å². The van der Waals surface area contributed by atoms with Crippen LogP contribution < -0.4 is 16.6 Å². The first-order chi connectivity index (χ1) is 11.1. The molecular formula is C16H14N4O3. The van der Waals surface area contributed by atoms with Gasteiger partial charge in [-0.2, -0.15) is 0 Å². The lowest BCUT2D eigenvalue weighted by atomic mass is 9.77. The summed E-state index contributed by atoms with van der Waals surface area (Å²) in [4.78, 5) is 45.4. The van der Waals surface area contributed by atoms with Gasteiger partial charge in [0.2, 0.25) is 0 Å². The molecule has 0 fully saturated rings. The molecule has 1 aliphatic heterocycles.